The van der Waals surface area contributed by atoms with Crippen LogP contribution in [0.4, 0.5) is 0 Å². The SMILES string of the molecule is Cc1ccc(Cl)c(OCC2CC2)c1Br. The van der Waals surface area contributed by atoms with E-state index in [2.05, 4.69) is 15.9 Å². The van der Waals surface area contributed by atoms with Gasteiger partial charge in [-0.15, -0.1) is 0 Å². The summed E-state index contributed by atoms with van der Waals surface area (Å²) in [5.41, 5.74) is 1.15. The maximum Gasteiger partial charge on any atom is 0.152 e. The average Bonchev–Trinajstić information content (AvgIpc) is 2.95. The topological polar surface area (TPSA) is 9.23 Å². The van der Waals surface area contributed by atoms with Crippen molar-refractivity contribution in [2.45, 2.75) is 19.8 Å². The lowest BCUT2D eigenvalue weighted by atomic mass is 10.2. The van der Waals surface area contributed by atoms with Crippen molar-refractivity contribution in [3.05, 3.63) is 27.2 Å². The molecule has 0 unspecified atom stereocenters. The molecule has 3 heteroatoms. The molecule has 1 aliphatic rings. The van der Waals surface area contributed by atoms with Crippen molar-refractivity contribution in [3.63, 3.8) is 0 Å². The van der Waals surface area contributed by atoms with Crippen molar-refractivity contribution >= 4 is 27.5 Å². The second-order valence-corrected chi connectivity index (χ2v) is 4.96. The molecule has 0 N–H and O–H groups in total. The highest BCUT2D eigenvalue weighted by Crippen LogP contribution is 2.37. The fourth-order valence-electron chi connectivity index (χ4n) is 1.25. The van der Waals surface area contributed by atoms with Crippen LogP contribution in [0.3, 0.4) is 0 Å². The van der Waals surface area contributed by atoms with Gasteiger partial charge in [-0.05, 0) is 53.2 Å². The van der Waals surface area contributed by atoms with Crippen molar-refractivity contribution in [1.29, 1.82) is 0 Å². The van der Waals surface area contributed by atoms with E-state index in [0.717, 1.165) is 28.3 Å². The maximum absolute atomic E-state index is 6.05. The summed E-state index contributed by atoms with van der Waals surface area (Å²) >= 11 is 9.54. The standard InChI is InChI=1S/C11H12BrClO/c1-7-2-5-9(13)11(10(7)12)14-6-8-3-4-8/h2,5,8H,3-4,6H2,1H3. The summed E-state index contributed by atoms with van der Waals surface area (Å²) in [4.78, 5) is 0. The minimum absolute atomic E-state index is 0.683. The lowest BCUT2D eigenvalue weighted by Crippen LogP contribution is -2.00. The molecule has 76 valence electrons. The Morgan fingerprint density at radius 1 is 1.50 bits per heavy atom. The van der Waals surface area contributed by atoms with Gasteiger partial charge in [0.25, 0.3) is 0 Å². The van der Waals surface area contributed by atoms with Gasteiger partial charge >= 0.3 is 0 Å². The van der Waals surface area contributed by atoms with Crippen LogP contribution in [0.1, 0.15) is 18.4 Å². The van der Waals surface area contributed by atoms with E-state index in [1.165, 1.54) is 12.8 Å². The minimum Gasteiger partial charge on any atom is -0.491 e. The van der Waals surface area contributed by atoms with Crippen molar-refractivity contribution in [2.24, 2.45) is 5.92 Å². The number of rotatable bonds is 3. The number of aryl methyl sites for hydroxylation is 1. The summed E-state index contributed by atoms with van der Waals surface area (Å²) < 4.78 is 6.67. The normalized spacial score (nSPS) is 15.6. The molecule has 14 heavy (non-hydrogen) atoms. The first-order valence-electron chi connectivity index (χ1n) is 4.76. The van der Waals surface area contributed by atoms with Gasteiger partial charge in [0.05, 0.1) is 16.1 Å². The summed E-state index contributed by atoms with van der Waals surface area (Å²) in [6.45, 7) is 2.83. The Kier molecular flexibility index (Phi) is 3.03. The summed E-state index contributed by atoms with van der Waals surface area (Å²) in [5.74, 6) is 1.54. The van der Waals surface area contributed by atoms with Crippen LogP contribution in [0.25, 0.3) is 0 Å². The van der Waals surface area contributed by atoms with Gasteiger partial charge in [0.2, 0.25) is 0 Å². The first kappa shape index (κ1) is 10.3. The predicted molar refractivity (Wildman–Crippen MR) is 62.1 cm³/mol. The summed E-state index contributed by atoms with van der Waals surface area (Å²) in [6.07, 6.45) is 2.59. The third kappa shape index (κ3) is 2.23. The van der Waals surface area contributed by atoms with E-state index in [4.69, 9.17) is 16.3 Å². The number of halogens is 2. The largest absolute Gasteiger partial charge is 0.491 e. The van der Waals surface area contributed by atoms with Crippen LogP contribution in [0, 0.1) is 12.8 Å². The van der Waals surface area contributed by atoms with Gasteiger partial charge in [0, 0.05) is 0 Å². The fourth-order valence-corrected chi connectivity index (χ4v) is 2.04. The van der Waals surface area contributed by atoms with E-state index in [1.807, 2.05) is 19.1 Å². The molecule has 1 nitrogen and oxygen atoms in total. The summed E-state index contributed by atoms with van der Waals surface area (Å²) in [7, 11) is 0. The van der Waals surface area contributed by atoms with Gasteiger partial charge in [-0.3, -0.25) is 0 Å². The van der Waals surface area contributed by atoms with Crippen LogP contribution in [0.5, 0.6) is 5.75 Å². The molecule has 2 rings (SSSR count). The van der Waals surface area contributed by atoms with E-state index < -0.39 is 0 Å². The quantitative estimate of drug-likeness (QED) is 0.803. The Morgan fingerprint density at radius 3 is 2.86 bits per heavy atom. The molecule has 1 fully saturated rings. The third-order valence-corrected chi connectivity index (χ3v) is 3.69. The zero-order valence-electron chi connectivity index (χ0n) is 8.02. The molecule has 1 saturated carbocycles. The van der Waals surface area contributed by atoms with Crippen molar-refractivity contribution in [2.75, 3.05) is 6.61 Å². The van der Waals surface area contributed by atoms with Crippen molar-refractivity contribution < 1.29 is 4.74 Å². The molecular weight excluding hydrogens is 263 g/mol. The van der Waals surface area contributed by atoms with E-state index >= 15 is 0 Å². The van der Waals surface area contributed by atoms with Gasteiger partial charge in [-0.1, -0.05) is 17.7 Å². The van der Waals surface area contributed by atoms with Gasteiger partial charge in [-0.25, -0.2) is 0 Å². The smallest absolute Gasteiger partial charge is 0.152 e. The second kappa shape index (κ2) is 4.11. The molecule has 0 radical (unpaired) electrons. The molecule has 1 aromatic rings. The van der Waals surface area contributed by atoms with Crippen LogP contribution in [-0.4, -0.2) is 6.61 Å². The second-order valence-electron chi connectivity index (χ2n) is 3.76. The zero-order chi connectivity index (χ0) is 10.1. The molecule has 0 aliphatic heterocycles. The number of benzene rings is 1. The molecule has 0 saturated heterocycles. The number of hydrogen-bond acceptors (Lipinski definition) is 1. The monoisotopic (exact) mass is 274 g/mol. The Bertz CT molecular complexity index is 347. The predicted octanol–water partition coefficient (Wildman–Crippen LogP) is 4.20. The van der Waals surface area contributed by atoms with Crippen LogP contribution in [-0.2, 0) is 0 Å². The van der Waals surface area contributed by atoms with E-state index in [-0.39, 0.29) is 0 Å². The lowest BCUT2D eigenvalue weighted by molar-refractivity contribution is 0.298. The molecule has 0 spiro atoms. The Morgan fingerprint density at radius 2 is 2.21 bits per heavy atom. The molecule has 1 aromatic carbocycles. The molecule has 1 aliphatic carbocycles. The van der Waals surface area contributed by atoms with Gasteiger partial charge in [-0.2, -0.15) is 0 Å². The van der Waals surface area contributed by atoms with Gasteiger partial charge in [0.1, 0.15) is 0 Å². The molecule has 0 amide bonds. The van der Waals surface area contributed by atoms with Gasteiger partial charge in [0.15, 0.2) is 5.75 Å². The summed E-state index contributed by atoms with van der Waals surface area (Å²) in [6, 6.07) is 3.86. The average molecular weight is 276 g/mol. The lowest BCUT2D eigenvalue weighted by Gasteiger charge is -2.11. The molecule has 0 bridgehead atoms. The summed E-state index contributed by atoms with van der Waals surface area (Å²) in [5, 5.41) is 0.683. The Labute approximate surface area is 97.5 Å². The Balaban J connectivity index is 2.16. The highest BCUT2D eigenvalue weighted by molar-refractivity contribution is 9.10. The van der Waals surface area contributed by atoms with E-state index in [1.54, 1.807) is 0 Å². The Hall–Kier alpha value is -0.210. The molecule has 0 aromatic heterocycles. The fraction of sp³-hybridized carbons (Fsp3) is 0.455. The molecule has 0 heterocycles. The maximum atomic E-state index is 6.05. The minimum atomic E-state index is 0.683. The van der Waals surface area contributed by atoms with Crippen LogP contribution in [0.2, 0.25) is 5.02 Å². The first-order valence-corrected chi connectivity index (χ1v) is 5.93. The molecular formula is C11H12BrClO. The van der Waals surface area contributed by atoms with Crippen molar-refractivity contribution in [3.8, 4) is 5.75 Å². The van der Waals surface area contributed by atoms with E-state index in [0.29, 0.717) is 5.02 Å². The zero-order valence-corrected chi connectivity index (χ0v) is 10.4. The highest BCUT2D eigenvalue weighted by atomic mass is 79.9. The van der Waals surface area contributed by atoms with Crippen LogP contribution < -0.4 is 4.74 Å². The third-order valence-electron chi connectivity index (χ3n) is 2.40. The first-order chi connectivity index (χ1) is 6.68. The van der Waals surface area contributed by atoms with E-state index in [9.17, 15) is 0 Å². The van der Waals surface area contributed by atoms with Crippen molar-refractivity contribution in [1.82, 2.24) is 0 Å². The molecule has 0 atom stereocenters. The van der Waals surface area contributed by atoms with Crippen LogP contribution >= 0.6 is 27.5 Å². The van der Waals surface area contributed by atoms with Gasteiger partial charge < -0.3 is 4.74 Å². The van der Waals surface area contributed by atoms with Crippen LogP contribution in [0.15, 0.2) is 16.6 Å². The number of ether oxygens (including phenoxy) is 1. The highest BCUT2D eigenvalue weighted by Gasteiger charge is 2.23. The number of hydrogen-bond donors (Lipinski definition) is 0.